The molecule has 33 heavy (non-hydrogen) atoms. The summed E-state index contributed by atoms with van der Waals surface area (Å²) in [5.41, 5.74) is 2.21. The Morgan fingerprint density at radius 3 is 2.12 bits per heavy atom. The van der Waals surface area contributed by atoms with Gasteiger partial charge < -0.3 is 10.6 Å². The largest absolute Gasteiger partial charge is 0.326 e. The predicted octanol–water partition coefficient (Wildman–Crippen LogP) is 4.16. The van der Waals surface area contributed by atoms with E-state index in [0.29, 0.717) is 22.6 Å². The molecule has 3 N–H and O–H groups in total. The van der Waals surface area contributed by atoms with Crippen molar-refractivity contribution in [3.05, 3.63) is 84.2 Å². The van der Waals surface area contributed by atoms with Crippen LogP contribution in [0, 0.1) is 11.7 Å². The minimum atomic E-state index is -3.85. The Balaban J connectivity index is 1.33. The van der Waals surface area contributed by atoms with E-state index in [1.165, 1.54) is 12.1 Å². The van der Waals surface area contributed by atoms with E-state index < -0.39 is 15.8 Å². The number of sulfonamides is 1. The summed E-state index contributed by atoms with van der Waals surface area (Å²) in [6.07, 6.45) is 1.91. The van der Waals surface area contributed by atoms with E-state index >= 15 is 0 Å². The van der Waals surface area contributed by atoms with Gasteiger partial charge in [0.15, 0.2) is 0 Å². The van der Waals surface area contributed by atoms with Gasteiger partial charge in [-0.05, 0) is 73.0 Å². The number of anilines is 3. The average molecular weight is 468 g/mol. The fraction of sp³-hybridized carbons (Fsp3) is 0.167. The van der Waals surface area contributed by atoms with Crippen LogP contribution in [0.4, 0.5) is 21.5 Å². The molecule has 0 aliphatic heterocycles. The van der Waals surface area contributed by atoms with Gasteiger partial charge in [0, 0.05) is 23.0 Å². The number of carbonyl (C=O) groups excluding carboxylic acids is 2. The van der Waals surface area contributed by atoms with Crippen LogP contribution in [-0.4, -0.2) is 20.2 Å². The highest BCUT2D eigenvalue weighted by molar-refractivity contribution is 7.92. The molecule has 0 bridgehead atoms. The van der Waals surface area contributed by atoms with E-state index in [9.17, 15) is 22.4 Å². The van der Waals surface area contributed by atoms with Crippen molar-refractivity contribution in [3.8, 4) is 0 Å². The maximum atomic E-state index is 13.0. The summed E-state index contributed by atoms with van der Waals surface area (Å²) in [5.74, 6) is -0.688. The molecule has 3 aromatic rings. The van der Waals surface area contributed by atoms with Gasteiger partial charge in [0.05, 0.1) is 11.3 Å². The summed E-state index contributed by atoms with van der Waals surface area (Å²) in [4.78, 5) is 24.3. The fourth-order valence-electron chi connectivity index (χ4n) is 3.17. The summed E-state index contributed by atoms with van der Waals surface area (Å²) in [7, 11) is -3.85. The van der Waals surface area contributed by atoms with Gasteiger partial charge in [-0.15, -0.1) is 0 Å². The van der Waals surface area contributed by atoms with Gasteiger partial charge in [-0.2, -0.15) is 0 Å². The highest BCUT2D eigenvalue weighted by Crippen LogP contribution is 2.30. The third-order valence-corrected chi connectivity index (χ3v) is 6.45. The number of halogens is 1. The molecule has 1 saturated carbocycles. The Morgan fingerprint density at radius 1 is 0.848 bits per heavy atom. The van der Waals surface area contributed by atoms with E-state index in [2.05, 4.69) is 15.4 Å². The van der Waals surface area contributed by atoms with Crippen LogP contribution >= 0.6 is 0 Å². The van der Waals surface area contributed by atoms with Crippen LogP contribution in [0.1, 0.15) is 18.4 Å². The first-order valence-corrected chi connectivity index (χ1v) is 11.8. The zero-order valence-corrected chi connectivity index (χ0v) is 18.4. The van der Waals surface area contributed by atoms with Crippen LogP contribution in [-0.2, 0) is 26.0 Å². The van der Waals surface area contributed by atoms with E-state index in [1.54, 1.807) is 48.5 Å². The van der Waals surface area contributed by atoms with Crippen molar-refractivity contribution in [1.82, 2.24) is 0 Å². The van der Waals surface area contributed by atoms with Gasteiger partial charge in [0.1, 0.15) is 5.82 Å². The number of rotatable bonds is 8. The molecule has 1 aliphatic rings. The van der Waals surface area contributed by atoms with Gasteiger partial charge in [-0.1, -0.05) is 18.2 Å². The third kappa shape index (κ3) is 6.17. The van der Waals surface area contributed by atoms with Crippen molar-refractivity contribution in [3.63, 3.8) is 0 Å². The molecule has 0 radical (unpaired) electrons. The highest BCUT2D eigenvalue weighted by atomic mass is 32.2. The number of nitrogens with one attached hydrogen (secondary N) is 3. The lowest BCUT2D eigenvalue weighted by atomic mass is 10.1. The molecule has 0 atom stereocenters. The maximum absolute atomic E-state index is 13.0. The summed E-state index contributed by atoms with van der Waals surface area (Å²) >= 11 is 0. The molecule has 0 aromatic heterocycles. The summed E-state index contributed by atoms with van der Waals surface area (Å²) in [6.45, 7) is 0. The summed E-state index contributed by atoms with van der Waals surface area (Å²) < 4.78 is 40.2. The number of benzene rings is 3. The molecule has 0 spiro atoms. The summed E-state index contributed by atoms with van der Waals surface area (Å²) in [5, 5.41) is 5.64. The molecule has 9 heteroatoms. The van der Waals surface area contributed by atoms with Crippen molar-refractivity contribution < 1.29 is 22.4 Å². The second-order valence-corrected chi connectivity index (χ2v) is 9.51. The molecule has 2 amide bonds. The van der Waals surface area contributed by atoms with E-state index in [1.807, 2.05) is 0 Å². The molecule has 7 nitrogen and oxygen atoms in total. The third-order valence-electron chi connectivity index (χ3n) is 5.06. The lowest BCUT2D eigenvalue weighted by Gasteiger charge is -2.10. The Morgan fingerprint density at radius 2 is 1.48 bits per heavy atom. The number of hydrogen-bond acceptors (Lipinski definition) is 4. The molecule has 170 valence electrons. The molecule has 4 rings (SSSR count). The average Bonchev–Trinajstić information content (AvgIpc) is 3.61. The number of hydrogen-bond donors (Lipinski definition) is 3. The molecule has 0 unspecified atom stereocenters. The first-order valence-electron chi connectivity index (χ1n) is 10.4. The van der Waals surface area contributed by atoms with Gasteiger partial charge in [0.2, 0.25) is 11.8 Å². The molecule has 1 aliphatic carbocycles. The molecule has 0 heterocycles. The Labute approximate surface area is 191 Å². The van der Waals surface area contributed by atoms with Gasteiger partial charge in [-0.3, -0.25) is 14.3 Å². The van der Waals surface area contributed by atoms with Crippen LogP contribution in [0.15, 0.2) is 77.7 Å². The predicted molar refractivity (Wildman–Crippen MR) is 124 cm³/mol. The van der Waals surface area contributed by atoms with Crippen LogP contribution in [0.3, 0.4) is 0 Å². The number of amides is 2. The minimum Gasteiger partial charge on any atom is -0.326 e. The second kappa shape index (κ2) is 9.41. The van der Waals surface area contributed by atoms with Crippen LogP contribution < -0.4 is 15.4 Å². The van der Waals surface area contributed by atoms with E-state index in [0.717, 1.165) is 25.0 Å². The quantitative estimate of drug-likeness (QED) is 0.463. The molecular formula is C24H22FN3O4S. The Bertz CT molecular complexity index is 1270. The first-order chi connectivity index (χ1) is 15.8. The van der Waals surface area contributed by atoms with E-state index in [4.69, 9.17) is 0 Å². The second-order valence-electron chi connectivity index (χ2n) is 7.83. The van der Waals surface area contributed by atoms with Crippen molar-refractivity contribution in [1.29, 1.82) is 0 Å². The molecule has 1 fully saturated rings. The van der Waals surface area contributed by atoms with Crippen LogP contribution in [0.2, 0.25) is 0 Å². The SMILES string of the molecule is O=C(Cc1ccc(NS(=O)(=O)c2ccc(F)cc2)cc1)Nc1cccc(NC(=O)C2CC2)c1. The normalized spacial score (nSPS) is 13.2. The van der Waals surface area contributed by atoms with Crippen molar-refractivity contribution in [2.24, 2.45) is 5.92 Å². The summed E-state index contributed by atoms with van der Waals surface area (Å²) in [6, 6.07) is 17.9. The molecule has 3 aromatic carbocycles. The fourth-order valence-corrected chi connectivity index (χ4v) is 4.23. The standard InChI is InChI=1S/C24H22FN3O4S/c25-18-8-12-22(13-9-18)33(31,32)28-19-10-4-16(5-11-19)14-23(29)26-20-2-1-3-21(15-20)27-24(30)17-6-7-17/h1-5,8-13,15,17,28H,6-7,14H2,(H,26,29)(H,27,30). The Kier molecular flexibility index (Phi) is 6.41. The van der Waals surface area contributed by atoms with E-state index in [-0.39, 0.29) is 29.0 Å². The smallest absolute Gasteiger partial charge is 0.261 e. The minimum absolute atomic E-state index is 0.00591. The van der Waals surface area contributed by atoms with Crippen molar-refractivity contribution >= 4 is 38.9 Å². The van der Waals surface area contributed by atoms with Crippen molar-refractivity contribution in [2.75, 3.05) is 15.4 Å². The van der Waals surface area contributed by atoms with Gasteiger partial charge >= 0.3 is 0 Å². The monoisotopic (exact) mass is 467 g/mol. The molecule has 0 saturated heterocycles. The Hall–Kier alpha value is -3.72. The first kappa shape index (κ1) is 22.5. The molecular weight excluding hydrogens is 445 g/mol. The van der Waals surface area contributed by atoms with Gasteiger partial charge in [-0.25, -0.2) is 12.8 Å². The lowest BCUT2D eigenvalue weighted by molar-refractivity contribution is -0.117. The van der Waals surface area contributed by atoms with Crippen LogP contribution in [0.5, 0.6) is 0 Å². The zero-order valence-electron chi connectivity index (χ0n) is 17.5. The number of carbonyl (C=O) groups is 2. The topological polar surface area (TPSA) is 104 Å². The highest BCUT2D eigenvalue weighted by Gasteiger charge is 2.29. The van der Waals surface area contributed by atoms with Crippen LogP contribution in [0.25, 0.3) is 0 Å². The zero-order chi connectivity index (χ0) is 23.4. The van der Waals surface area contributed by atoms with Gasteiger partial charge in [0.25, 0.3) is 10.0 Å². The lowest BCUT2D eigenvalue weighted by Crippen LogP contribution is -2.16. The van der Waals surface area contributed by atoms with Crippen molar-refractivity contribution in [2.45, 2.75) is 24.2 Å². The maximum Gasteiger partial charge on any atom is 0.261 e.